The van der Waals surface area contributed by atoms with Crippen molar-refractivity contribution in [2.45, 2.75) is 13.0 Å². The molecule has 6 nitrogen and oxygen atoms in total. The number of rotatable bonds is 6. The maximum Gasteiger partial charge on any atom is 0.313 e. The van der Waals surface area contributed by atoms with Crippen molar-refractivity contribution in [3.05, 3.63) is 59.7 Å². The first-order chi connectivity index (χ1) is 12.8. The van der Waals surface area contributed by atoms with Crippen molar-refractivity contribution in [1.29, 1.82) is 0 Å². The Bertz CT molecular complexity index is 785. The Labute approximate surface area is 161 Å². The van der Waals surface area contributed by atoms with Gasteiger partial charge in [-0.25, -0.2) is 0 Å². The Hall–Kier alpha value is -2.86. The molecule has 0 heterocycles. The van der Waals surface area contributed by atoms with Crippen LogP contribution in [0.25, 0.3) is 0 Å². The lowest BCUT2D eigenvalue weighted by Crippen LogP contribution is -2.40. The summed E-state index contributed by atoms with van der Waals surface area (Å²) in [6.07, 6.45) is 0. The Morgan fingerprint density at radius 2 is 1.63 bits per heavy atom. The fraction of sp³-hybridized carbons (Fsp3) is 0.333. The molecule has 0 aliphatic carbocycles. The largest absolute Gasteiger partial charge is 0.378 e. The summed E-state index contributed by atoms with van der Waals surface area (Å²) in [4.78, 5) is 28.4. The van der Waals surface area contributed by atoms with Crippen molar-refractivity contribution in [2.24, 2.45) is 0 Å². The highest BCUT2D eigenvalue weighted by Crippen LogP contribution is 2.21. The first-order valence-electron chi connectivity index (χ1n) is 8.87. The van der Waals surface area contributed by atoms with Gasteiger partial charge in [0.25, 0.3) is 0 Å². The van der Waals surface area contributed by atoms with E-state index in [2.05, 4.69) is 10.6 Å². The first kappa shape index (κ1) is 20.5. The maximum atomic E-state index is 12.2. The lowest BCUT2D eigenvalue weighted by Gasteiger charge is -2.25. The van der Waals surface area contributed by atoms with E-state index >= 15 is 0 Å². The van der Waals surface area contributed by atoms with Gasteiger partial charge in [0.05, 0.1) is 6.04 Å². The molecule has 0 aliphatic heterocycles. The summed E-state index contributed by atoms with van der Waals surface area (Å²) in [6.45, 7) is 2.27. The average molecular weight is 368 g/mol. The average Bonchev–Trinajstić information content (AvgIpc) is 2.61. The van der Waals surface area contributed by atoms with Gasteiger partial charge in [0, 0.05) is 32.0 Å². The van der Waals surface area contributed by atoms with Crippen molar-refractivity contribution < 1.29 is 9.59 Å². The topological polar surface area (TPSA) is 64.7 Å². The zero-order valence-corrected chi connectivity index (χ0v) is 16.6. The summed E-state index contributed by atoms with van der Waals surface area (Å²) < 4.78 is 0. The molecule has 0 radical (unpaired) electrons. The third-order valence-corrected chi connectivity index (χ3v) is 4.36. The number of anilines is 2. The molecule has 0 fully saturated rings. The summed E-state index contributed by atoms with van der Waals surface area (Å²) >= 11 is 0. The van der Waals surface area contributed by atoms with E-state index in [0.717, 1.165) is 16.8 Å². The molecule has 0 bridgehead atoms. The van der Waals surface area contributed by atoms with Crippen LogP contribution in [0, 0.1) is 6.92 Å². The van der Waals surface area contributed by atoms with Gasteiger partial charge >= 0.3 is 11.8 Å². The third kappa shape index (κ3) is 5.82. The molecule has 0 aromatic heterocycles. The minimum atomic E-state index is -0.666. The number of nitrogens with zero attached hydrogens (tertiary/aromatic N) is 2. The normalized spacial score (nSPS) is 11.8. The fourth-order valence-corrected chi connectivity index (χ4v) is 2.77. The maximum absolute atomic E-state index is 12.2. The number of carbonyl (C=O) groups is 2. The number of aryl methyl sites for hydroxylation is 1. The lowest BCUT2D eigenvalue weighted by molar-refractivity contribution is -0.136. The zero-order chi connectivity index (χ0) is 20.0. The van der Waals surface area contributed by atoms with Gasteiger partial charge in [0.1, 0.15) is 0 Å². The molecule has 0 aliphatic rings. The second-order valence-electron chi connectivity index (χ2n) is 7.00. The standard InChI is InChI=1S/C21H28N4O2/c1-15-7-6-8-17(13-15)23-21(27)20(26)22-14-19(25(4)5)16-9-11-18(12-10-16)24(2)3/h6-13,19H,14H2,1-5H3,(H,22,26)(H,23,27)/t19-/m1/s1. The minimum absolute atomic E-state index is 0.0306. The van der Waals surface area contributed by atoms with Crippen LogP contribution in [0.2, 0.25) is 0 Å². The van der Waals surface area contributed by atoms with Crippen LogP contribution in [-0.4, -0.2) is 51.4 Å². The van der Waals surface area contributed by atoms with E-state index in [-0.39, 0.29) is 6.04 Å². The summed E-state index contributed by atoms with van der Waals surface area (Å²) in [5, 5.41) is 5.36. The number of carbonyl (C=O) groups excluding carboxylic acids is 2. The third-order valence-electron chi connectivity index (χ3n) is 4.36. The summed E-state index contributed by atoms with van der Waals surface area (Å²) in [7, 11) is 7.88. The van der Waals surface area contributed by atoms with Crippen LogP contribution in [0.3, 0.4) is 0 Å². The Balaban J connectivity index is 1.98. The van der Waals surface area contributed by atoms with Crippen LogP contribution >= 0.6 is 0 Å². The lowest BCUT2D eigenvalue weighted by atomic mass is 10.1. The van der Waals surface area contributed by atoms with Gasteiger partial charge in [-0.1, -0.05) is 24.3 Å². The molecule has 0 saturated heterocycles. The molecule has 2 aromatic carbocycles. The Morgan fingerprint density at radius 1 is 0.963 bits per heavy atom. The molecule has 2 aromatic rings. The predicted molar refractivity (Wildman–Crippen MR) is 110 cm³/mol. The van der Waals surface area contributed by atoms with Crippen LogP contribution in [0.4, 0.5) is 11.4 Å². The number of likely N-dealkylation sites (N-methyl/N-ethyl adjacent to an activating group) is 1. The number of amides is 2. The first-order valence-corrected chi connectivity index (χ1v) is 8.87. The summed E-state index contributed by atoms with van der Waals surface area (Å²) in [6, 6.07) is 15.5. The smallest absolute Gasteiger partial charge is 0.313 e. The highest BCUT2D eigenvalue weighted by atomic mass is 16.2. The second-order valence-corrected chi connectivity index (χ2v) is 7.00. The predicted octanol–water partition coefficient (Wildman–Crippen LogP) is 2.42. The van der Waals surface area contributed by atoms with Gasteiger partial charge in [-0.3, -0.25) is 9.59 Å². The molecule has 1 atom stereocenters. The van der Waals surface area contributed by atoms with Gasteiger partial charge in [0.15, 0.2) is 0 Å². The Morgan fingerprint density at radius 3 is 2.19 bits per heavy atom. The van der Waals surface area contributed by atoms with E-state index in [9.17, 15) is 9.59 Å². The van der Waals surface area contributed by atoms with Crippen LogP contribution in [0.15, 0.2) is 48.5 Å². The van der Waals surface area contributed by atoms with Gasteiger partial charge in [0.2, 0.25) is 0 Å². The van der Waals surface area contributed by atoms with Crippen LogP contribution in [0.1, 0.15) is 17.2 Å². The van der Waals surface area contributed by atoms with Gasteiger partial charge in [-0.2, -0.15) is 0 Å². The zero-order valence-electron chi connectivity index (χ0n) is 16.6. The van der Waals surface area contributed by atoms with Gasteiger partial charge in [-0.15, -0.1) is 0 Å². The summed E-state index contributed by atoms with van der Waals surface area (Å²) in [5.41, 5.74) is 3.81. The van der Waals surface area contributed by atoms with E-state index in [1.807, 2.05) is 87.4 Å². The van der Waals surface area contributed by atoms with E-state index < -0.39 is 11.8 Å². The van der Waals surface area contributed by atoms with Gasteiger partial charge < -0.3 is 20.4 Å². The van der Waals surface area contributed by atoms with E-state index in [1.165, 1.54) is 0 Å². The van der Waals surface area contributed by atoms with Gasteiger partial charge in [-0.05, 0) is 56.4 Å². The fourth-order valence-electron chi connectivity index (χ4n) is 2.77. The van der Waals surface area contributed by atoms with Crippen LogP contribution in [-0.2, 0) is 9.59 Å². The molecule has 0 unspecified atom stereocenters. The number of nitrogens with one attached hydrogen (secondary N) is 2. The second kappa shape index (κ2) is 9.19. The SMILES string of the molecule is Cc1cccc(NC(=O)C(=O)NC[C@H](c2ccc(N(C)C)cc2)N(C)C)c1. The number of benzene rings is 2. The molecule has 2 amide bonds. The van der Waals surface area contributed by atoms with Crippen molar-refractivity contribution in [2.75, 3.05) is 45.0 Å². The highest BCUT2D eigenvalue weighted by Gasteiger charge is 2.19. The van der Waals surface area contributed by atoms with Crippen LogP contribution in [0.5, 0.6) is 0 Å². The molecule has 0 spiro atoms. The minimum Gasteiger partial charge on any atom is -0.378 e. The number of hydrogen-bond acceptors (Lipinski definition) is 4. The number of hydrogen-bond donors (Lipinski definition) is 2. The van der Waals surface area contributed by atoms with Crippen molar-refractivity contribution in [3.8, 4) is 0 Å². The van der Waals surface area contributed by atoms with Crippen LogP contribution < -0.4 is 15.5 Å². The highest BCUT2D eigenvalue weighted by molar-refractivity contribution is 6.39. The molecule has 0 saturated carbocycles. The molecule has 27 heavy (non-hydrogen) atoms. The Kier molecular flexibility index (Phi) is 6.96. The summed E-state index contributed by atoms with van der Waals surface area (Å²) in [5.74, 6) is -1.31. The van der Waals surface area contributed by atoms with Crippen molar-refractivity contribution in [3.63, 3.8) is 0 Å². The van der Waals surface area contributed by atoms with E-state index in [0.29, 0.717) is 12.2 Å². The van der Waals surface area contributed by atoms with Crippen molar-refractivity contribution >= 4 is 23.2 Å². The molecular weight excluding hydrogens is 340 g/mol. The van der Waals surface area contributed by atoms with E-state index in [1.54, 1.807) is 6.07 Å². The molecule has 2 N–H and O–H groups in total. The van der Waals surface area contributed by atoms with Crippen molar-refractivity contribution in [1.82, 2.24) is 10.2 Å². The molecule has 2 rings (SSSR count). The molecular formula is C21H28N4O2. The molecule has 144 valence electrons. The van der Waals surface area contributed by atoms with E-state index in [4.69, 9.17) is 0 Å². The molecule has 6 heteroatoms. The quantitative estimate of drug-likeness (QED) is 0.769. The monoisotopic (exact) mass is 368 g/mol.